The minimum Gasteiger partial charge on any atom is -0.655 e. The molecule has 28 heavy (non-hydrogen) atoms. The predicted molar refractivity (Wildman–Crippen MR) is 112 cm³/mol. The monoisotopic (exact) mass is 468 g/mol. The number of aliphatic hydroxyl groups excluding tert-OH is 2. The van der Waals surface area contributed by atoms with Crippen LogP contribution in [-0.2, 0) is 39.1 Å². The van der Waals surface area contributed by atoms with E-state index in [1.54, 1.807) is 14.0 Å². The fourth-order valence-corrected chi connectivity index (χ4v) is 3.76. The Labute approximate surface area is 196 Å². The molecule has 3 N–H and O–H groups in total. The smallest absolute Gasteiger partial charge is 0.119 e. The van der Waals surface area contributed by atoms with Crippen LogP contribution in [0.4, 0.5) is 0 Å². The van der Waals surface area contributed by atoms with E-state index in [4.69, 9.17) is 20.3 Å². The first-order chi connectivity index (χ1) is 13.2. The first kappa shape index (κ1) is 28.0. The predicted octanol–water partition coefficient (Wildman–Crippen LogP) is 4.18. The van der Waals surface area contributed by atoms with Gasteiger partial charge in [0.05, 0.1) is 19.9 Å². The van der Waals surface area contributed by atoms with Crippen LogP contribution in [-0.4, -0.2) is 43.2 Å². The van der Waals surface area contributed by atoms with Gasteiger partial charge in [-0.2, -0.15) is 0 Å². The molecule has 3 rings (SSSR count). The van der Waals surface area contributed by atoms with Gasteiger partial charge < -0.3 is 20.3 Å². The third-order valence-electron chi connectivity index (χ3n) is 5.02. The number of rotatable bonds is 5. The maximum atomic E-state index is 8.51. The van der Waals surface area contributed by atoms with Crippen LogP contribution in [0.2, 0.25) is 0 Å². The summed E-state index contributed by atoms with van der Waals surface area (Å²) < 4.78 is 5.33. The largest absolute Gasteiger partial charge is 0.655 e. The van der Waals surface area contributed by atoms with Crippen LogP contribution < -0.4 is 10.1 Å². The van der Waals surface area contributed by atoms with E-state index in [1.165, 1.54) is 43.2 Å². The molecule has 0 aromatic heterocycles. The first-order valence-electron chi connectivity index (χ1n) is 10.5. The summed E-state index contributed by atoms with van der Waals surface area (Å²) in [6, 6.07) is 7.01. The summed E-state index contributed by atoms with van der Waals surface area (Å²) in [6.07, 6.45) is 7.63. The van der Waals surface area contributed by atoms with Crippen molar-refractivity contribution in [1.82, 2.24) is 5.32 Å². The van der Waals surface area contributed by atoms with Crippen molar-refractivity contribution < 1.29 is 47.7 Å². The minimum absolute atomic E-state index is 0. The van der Waals surface area contributed by atoms with Gasteiger partial charge in [0.2, 0.25) is 0 Å². The molecule has 2 atom stereocenters. The molecule has 0 saturated heterocycles. The van der Waals surface area contributed by atoms with Gasteiger partial charge in [-0.15, -0.1) is 12.6 Å². The van der Waals surface area contributed by atoms with Crippen LogP contribution >= 0.6 is 0 Å². The zero-order chi connectivity index (χ0) is 20.1. The molecule has 1 aliphatic carbocycles. The SMILES string of the molecule is CC.CC(O)CNCO.COc1ccc2c(c1)CC[N-]C2C1CCCCC1.[Y]. The summed E-state index contributed by atoms with van der Waals surface area (Å²) >= 11 is 0. The van der Waals surface area contributed by atoms with Crippen LogP contribution in [0, 0.1) is 5.92 Å². The Bertz CT molecular complexity index is 509. The second-order valence-electron chi connectivity index (χ2n) is 7.03. The Balaban J connectivity index is 0.000000628. The molecular formula is C22H39N2O3Y-. The Kier molecular flexibility index (Phi) is 16.7. The summed E-state index contributed by atoms with van der Waals surface area (Å²) in [5, 5.41) is 24.1. The number of benzene rings is 1. The van der Waals surface area contributed by atoms with Gasteiger partial charge in [-0.1, -0.05) is 63.5 Å². The molecule has 1 radical (unpaired) electrons. The second-order valence-corrected chi connectivity index (χ2v) is 7.03. The van der Waals surface area contributed by atoms with Gasteiger partial charge in [-0.05, 0) is 31.0 Å². The van der Waals surface area contributed by atoms with Crippen molar-refractivity contribution in [2.75, 3.05) is 26.9 Å². The molecule has 1 saturated carbocycles. The first-order valence-corrected chi connectivity index (χ1v) is 10.5. The number of methoxy groups -OCH3 is 1. The number of hydrogen-bond acceptors (Lipinski definition) is 4. The fourth-order valence-electron chi connectivity index (χ4n) is 3.76. The van der Waals surface area contributed by atoms with E-state index in [-0.39, 0.29) is 45.5 Å². The molecular weight excluding hydrogens is 429 g/mol. The van der Waals surface area contributed by atoms with Crippen LogP contribution in [0.1, 0.15) is 70.0 Å². The zero-order valence-corrected chi connectivity index (χ0v) is 21.0. The zero-order valence-electron chi connectivity index (χ0n) is 18.2. The summed E-state index contributed by atoms with van der Waals surface area (Å²) in [5.74, 6) is 1.77. The average Bonchev–Trinajstić information content (AvgIpc) is 2.74. The van der Waals surface area contributed by atoms with E-state index in [2.05, 4.69) is 23.5 Å². The van der Waals surface area contributed by atoms with E-state index in [9.17, 15) is 0 Å². The van der Waals surface area contributed by atoms with Crippen LogP contribution in [0.25, 0.3) is 5.32 Å². The number of hydrogen-bond donors (Lipinski definition) is 3. The molecule has 0 bridgehead atoms. The van der Waals surface area contributed by atoms with Crippen molar-refractivity contribution in [3.63, 3.8) is 0 Å². The number of ether oxygens (including phenoxy) is 1. The fraction of sp³-hybridized carbons (Fsp3) is 0.727. The Morgan fingerprint density at radius 2 is 1.89 bits per heavy atom. The number of aliphatic hydroxyl groups is 2. The summed E-state index contributed by atoms with van der Waals surface area (Å²) in [5.41, 5.74) is 2.92. The van der Waals surface area contributed by atoms with Crippen molar-refractivity contribution in [1.29, 1.82) is 0 Å². The quantitative estimate of drug-likeness (QED) is 0.567. The van der Waals surface area contributed by atoms with Crippen molar-refractivity contribution in [2.24, 2.45) is 5.92 Å². The standard InChI is InChI=1S/C16H22NO.C4H11NO2.C2H6.Y/c1-18-14-7-8-15-13(11-14)9-10-17-16(15)12-5-3-2-4-6-12;1-4(7)2-5-3-6;1-2;/h7-8,11-12,16H,2-6,9-10H2,1H3;4-7H,2-3H2,1H3;1-2H3;/q-1;;;. The maximum absolute atomic E-state index is 8.51. The maximum Gasteiger partial charge on any atom is 0.119 e. The number of fused-ring (bicyclic) bond motifs is 1. The molecule has 2 aliphatic rings. The van der Waals surface area contributed by atoms with Crippen LogP contribution in [0.5, 0.6) is 5.75 Å². The third kappa shape index (κ3) is 9.64. The van der Waals surface area contributed by atoms with Crippen LogP contribution in [0.3, 0.4) is 0 Å². The van der Waals surface area contributed by atoms with E-state index in [1.807, 2.05) is 13.8 Å². The Morgan fingerprint density at radius 3 is 2.43 bits per heavy atom. The van der Waals surface area contributed by atoms with Gasteiger partial charge in [-0.25, -0.2) is 0 Å². The number of nitrogens with zero attached hydrogens (tertiary/aromatic N) is 1. The second kappa shape index (κ2) is 16.7. The van der Waals surface area contributed by atoms with E-state index in [0.29, 0.717) is 12.6 Å². The molecule has 1 aliphatic heterocycles. The van der Waals surface area contributed by atoms with E-state index in [0.717, 1.165) is 24.6 Å². The minimum atomic E-state index is -0.368. The van der Waals surface area contributed by atoms with E-state index < -0.39 is 0 Å². The molecule has 5 nitrogen and oxygen atoms in total. The molecule has 1 fully saturated rings. The third-order valence-corrected chi connectivity index (χ3v) is 5.02. The molecule has 0 amide bonds. The van der Waals surface area contributed by atoms with Crippen molar-refractivity contribution >= 4 is 0 Å². The molecule has 159 valence electrons. The Hall–Kier alpha value is -0.0361. The summed E-state index contributed by atoms with van der Waals surface area (Å²) in [6.45, 7) is 7.03. The summed E-state index contributed by atoms with van der Waals surface area (Å²) in [4.78, 5) is 0. The van der Waals surface area contributed by atoms with Gasteiger partial charge in [0.1, 0.15) is 5.75 Å². The molecule has 2 unspecified atom stereocenters. The van der Waals surface area contributed by atoms with Crippen molar-refractivity contribution in [3.05, 3.63) is 34.6 Å². The van der Waals surface area contributed by atoms with Gasteiger partial charge in [-0.3, -0.25) is 5.32 Å². The van der Waals surface area contributed by atoms with Gasteiger partial charge in [0, 0.05) is 39.3 Å². The molecule has 1 heterocycles. The van der Waals surface area contributed by atoms with Gasteiger partial charge >= 0.3 is 0 Å². The Morgan fingerprint density at radius 1 is 1.21 bits per heavy atom. The van der Waals surface area contributed by atoms with E-state index >= 15 is 0 Å². The molecule has 1 aromatic carbocycles. The molecule has 0 spiro atoms. The normalized spacial score (nSPS) is 19.6. The summed E-state index contributed by atoms with van der Waals surface area (Å²) in [7, 11) is 1.74. The number of nitrogens with one attached hydrogen (secondary N) is 1. The van der Waals surface area contributed by atoms with Gasteiger partial charge in [0.25, 0.3) is 0 Å². The van der Waals surface area contributed by atoms with Crippen molar-refractivity contribution in [2.45, 2.75) is 71.4 Å². The van der Waals surface area contributed by atoms with Crippen molar-refractivity contribution in [3.8, 4) is 5.75 Å². The topological polar surface area (TPSA) is 75.8 Å². The van der Waals surface area contributed by atoms with Gasteiger partial charge in [0.15, 0.2) is 0 Å². The average molecular weight is 468 g/mol. The molecule has 1 aromatic rings. The van der Waals surface area contributed by atoms with Crippen LogP contribution in [0.15, 0.2) is 18.2 Å². The molecule has 6 heteroatoms.